The summed E-state index contributed by atoms with van der Waals surface area (Å²) in [6, 6.07) is 28.2. The van der Waals surface area contributed by atoms with Crippen LogP contribution in [0.3, 0.4) is 0 Å². The van der Waals surface area contributed by atoms with Crippen LogP contribution in [0, 0.1) is 0 Å². The first kappa shape index (κ1) is 35.0. The lowest BCUT2D eigenvalue weighted by Crippen LogP contribution is -2.54. The SMILES string of the molecule is CC(C)NC(=O)[C@@H](Cc1ccccc1)N(Cc1ccc(Cl)cc1Cl)C(=O)CN(c1ccc(C(C)C)cc1)S(=O)(=O)c1ccccc1. The predicted molar refractivity (Wildman–Crippen MR) is 186 cm³/mol. The monoisotopic (exact) mass is 679 g/mol. The van der Waals surface area contributed by atoms with Crippen LogP contribution in [-0.4, -0.2) is 43.8 Å². The van der Waals surface area contributed by atoms with Crippen LogP contribution in [0.15, 0.2) is 108 Å². The van der Waals surface area contributed by atoms with Crippen molar-refractivity contribution in [3.63, 3.8) is 0 Å². The highest BCUT2D eigenvalue weighted by molar-refractivity contribution is 7.92. The number of hydrogen-bond acceptors (Lipinski definition) is 4. The van der Waals surface area contributed by atoms with Crippen LogP contribution in [-0.2, 0) is 32.6 Å². The van der Waals surface area contributed by atoms with Gasteiger partial charge in [0.25, 0.3) is 10.0 Å². The van der Waals surface area contributed by atoms with Gasteiger partial charge in [-0.05, 0) is 72.9 Å². The molecule has 0 aromatic heterocycles. The second-order valence-electron chi connectivity index (χ2n) is 11.7. The molecule has 7 nitrogen and oxygen atoms in total. The number of carbonyl (C=O) groups is 2. The molecule has 2 amide bonds. The molecular formula is C36H39Cl2N3O4S. The third kappa shape index (κ3) is 8.90. The van der Waals surface area contributed by atoms with Gasteiger partial charge in [-0.15, -0.1) is 0 Å². The first-order valence-corrected chi connectivity index (χ1v) is 17.3. The summed E-state index contributed by atoms with van der Waals surface area (Å²) in [6.45, 7) is 7.17. The fraction of sp³-hybridized carbons (Fsp3) is 0.278. The van der Waals surface area contributed by atoms with Crippen LogP contribution in [0.5, 0.6) is 0 Å². The van der Waals surface area contributed by atoms with E-state index in [1.807, 2.05) is 70.2 Å². The highest BCUT2D eigenvalue weighted by Crippen LogP contribution is 2.28. The van der Waals surface area contributed by atoms with Gasteiger partial charge in [-0.25, -0.2) is 8.42 Å². The molecular weight excluding hydrogens is 641 g/mol. The highest BCUT2D eigenvalue weighted by atomic mass is 35.5. The quantitative estimate of drug-likeness (QED) is 0.159. The molecule has 0 aliphatic carbocycles. The molecule has 4 aromatic rings. The summed E-state index contributed by atoms with van der Waals surface area (Å²) < 4.78 is 29.4. The molecule has 10 heteroatoms. The van der Waals surface area contributed by atoms with Crippen LogP contribution >= 0.6 is 23.2 Å². The van der Waals surface area contributed by atoms with Crippen molar-refractivity contribution in [2.45, 2.75) is 63.6 Å². The summed E-state index contributed by atoms with van der Waals surface area (Å²) in [4.78, 5) is 29.8. The summed E-state index contributed by atoms with van der Waals surface area (Å²) in [5.74, 6) is -0.706. The molecule has 1 atom stereocenters. The fourth-order valence-electron chi connectivity index (χ4n) is 5.04. The average Bonchev–Trinajstić information content (AvgIpc) is 3.03. The molecule has 242 valence electrons. The number of hydrogen-bond donors (Lipinski definition) is 1. The maximum absolute atomic E-state index is 14.6. The van der Waals surface area contributed by atoms with E-state index in [0.717, 1.165) is 15.4 Å². The largest absolute Gasteiger partial charge is 0.352 e. The molecule has 0 spiro atoms. The second-order valence-corrected chi connectivity index (χ2v) is 14.4. The van der Waals surface area contributed by atoms with E-state index in [4.69, 9.17) is 23.2 Å². The van der Waals surface area contributed by atoms with Gasteiger partial charge in [0.1, 0.15) is 12.6 Å². The van der Waals surface area contributed by atoms with E-state index < -0.39 is 28.5 Å². The Balaban J connectivity index is 1.82. The van der Waals surface area contributed by atoms with Crippen molar-refractivity contribution in [2.24, 2.45) is 0 Å². The minimum Gasteiger partial charge on any atom is -0.352 e. The highest BCUT2D eigenvalue weighted by Gasteiger charge is 2.35. The minimum atomic E-state index is -4.18. The molecule has 0 bridgehead atoms. The maximum atomic E-state index is 14.6. The average molecular weight is 681 g/mol. The predicted octanol–water partition coefficient (Wildman–Crippen LogP) is 7.48. The fourth-order valence-corrected chi connectivity index (χ4v) is 6.95. The van der Waals surface area contributed by atoms with Gasteiger partial charge in [0.2, 0.25) is 11.8 Å². The number of rotatable bonds is 13. The van der Waals surface area contributed by atoms with E-state index in [1.54, 1.807) is 48.5 Å². The van der Waals surface area contributed by atoms with Gasteiger partial charge < -0.3 is 10.2 Å². The van der Waals surface area contributed by atoms with E-state index >= 15 is 0 Å². The number of benzene rings is 4. The molecule has 0 saturated heterocycles. The molecule has 46 heavy (non-hydrogen) atoms. The van der Waals surface area contributed by atoms with Gasteiger partial charge >= 0.3 is 0 Å². The van der Waals surface area contributed by atoms with Crippen LogP contribution in [0.1, 0.15) is 50.3 Å². The summed E-state index contributed by atoms with van der Waals surface area (Å²) in [5.41, 5.74) is 2.76. The van der Waals surface area contributed by atoms with E-state index in [-0.39, 0.29) is 35.7 Å². The molecule has 0 radical (unpaired) electrons. The Kier molecular flexibility index (Phi) is 11.9. The molecule has 0 unspecified atom stereocenters. The summed E-state index contributed by atoms with van der Waals surface area (Å²) in [5, 5.41) is 3.70. The third-order valence-corrected chi connectivity index (χ3v) is 9.89. The van der Waals surface area contributed by atoms with Crippen LogP contribution < -0.4 is 9.62 Å². The van der Waals surface area contributed by atoms with Gasteiger partial charge in [-0.3, -0.25) is 13.9 Å². The molecule has 0 heterocycles. The Morgan fingerprint density at radius 3 is 1.98 bits per heavy atom. The second kappa shape index (κ2) is 15.6. The zero-order valence-corrected chi connectivity index (χ0v) is 28.7. The van der Waals surface area contributed by atoms with Crippen LogP contribution in [0.4, 0.5) is 5.69 Å². The van der Waals surface area contributed by atoms with Gasteiger partial charge in [0.05, 0.1) is 10.6 Å². The number of sulfonamides is 1. The Morgan fingerprint density at radius 1 is 0.804 bits per heavy atom. The van der Waals surface area contributed by atoms with E-state index in [1.165, 1.54) is 17.0 Å². The standard InChI is InChI=1S/C36H39Cl2N3O4S/c1-25(2)28-16-19-31(20-17-28)41(46(44,45)32-13-9-6-10-14-32)24-35(42)40(23-29-15-18-30(37)22-33(29)38)34(36(43)39-26(3)4)21-27-11-7-5-8-12-27/h5-20,22,25-26,34H,21,23-24H2,1-4H3,(H,39,43)/t34-/m1/s1. The molecule has 0 aliphatic heterocycles. The van der Waals surface area contributed by atoms with Crippen molar-refractivity contribution in [2.75, 3.05) is 10.8 Å². The van der Waals surface area contributed by atoms with Crippen molar-refractivity contribution >= 4 is 50.7 Å². The van der Waals surface area contributed by atoms with Gasteiger partial charge in [0, 0.05) is 29.1 Å². The lowest BCUT2D eigenvalue weighted by molar-refractivity contribution is -0.140. The summed E-state index contributed by atoms with van der Waals surface area (Å²) in [6.07, 6.45) is 0.199. The number of amides is 2. The molecule has 1 N–H and O–H groups in total. The zero-order chi connectivity index (χ0) is 33.4. The first-order chi connectivity index (χ1) is 21.9. The number of carbonyl (C=O) groups excluding carboxylic acids is 2. The number of halogens is 2. The molecule has 0 saturated carbocycles. The van der Waals surface area contributed by atoms with Gasteiger partial charge in [0.15, 0.2) is 0 Å². The Bertz CT molecular complexity index is 1730. The number of anilines is 1. The van der Waals surface area contributed by atoms with Crippen LogP contribution in [0.2, 0.25) is 10.0 Å². The first-order valence-electron chi connectivity index (χ1n) is 15.1. The molecule has 4 rings (SSSR count). The van der Waals surface area contributed by atoms with Crippen molar-refractivity contribution < 1.29 is 18.0 Å². The van der Waals surface area contributed by atoms with Crippen molar-refractivity contribution in [1.82, 2.24) is 10.2 Å². The van der Waals surface area contributed by atoms with Gasteiger partial charge in [-0.1, -0.05) is 104 Å². The lowest BCUT2D eigenvalue weighted by Gasteiger charge is -2.34. The summed E-state index contributed by atoms with van der Waals surface area (Å²) in [7, 11) is -4.18. The van der Waals surface area contributed by atoms with Crippen LogP contribution in [0.25, 0.3) is 0 Å². The van der Waals surface area contributed by atoms with Crippen molar-refractivity contribution in [3.05, 3.63) is 130 Å². The molecule has 0 fully saturated rings. The maximum Gasteiger partial charge on any atom is 0.264 e. The van der Waals surface area contributed by atoms with Gasteiger partial charge in [-0.2, -0.15) is 0 Å². The number of nitrogens with one attached hydrogen (secondary N) is 1. The minimum absolute atomic E-state index is 0.0430. The Morgan fingerprint density at radius 2 is 1.41 bits per heavy atom. The molecule has 4 aromatic carbocycles. The molecule has 0 aliphatic rings. The normalized spacial score (nSPS) is 12.2. The van der Waals surface area contributed by atoms with Crippen molar-refractivity contribution in [3.8, 4) is 0 Å². The Hall–Kier alpha value is -3.85. The third-order valence-electron chi connectivity index (χ3n) is 7.52. The Labute approximate surface area is 282 Å². The van der Waals surface area contributed by atoms with Crippen molar-refractivity contribution in [1.29, 1.82) is 0 Å². The topological polar surface area (TPSA) is 86.8 Å². The lowest BCUT2D eigenvalue weighted by atomic mass is 10.0. The van der Waals surface area contributed by atoms with E-state index in [9.17, 15) is 18.0 Å². The zero-order valence-electron chi connectivity index (χ0n) is 26.4. The van der Waals surface area contributed by atoms with E-state index in [2.05, 4.69) is 5.32 Å². The number of nitrogens with zero attached hydrogens (tertiary/aromatic N) is 2. The van der Waals surface area contributed by atoms with E-state index in [0.29, 0.717) is 21.3 Å². The summed E-state index contributed by atoms with van der Waals surface area (Å²) >= 11 is 12.7. The smallest absolute Gasteiger partial charge is 0.264 e.